The molecule has 21 heavy (non-hydrogen) atoms. The van der Waals surface area contributed by atoms with Crippen molar-refractivity contribution in [2.45, 2.75) is 13.0 Å². The summed E-state index contributed by atoms with van der Waals surface area (Å²) >= 11 is 0. The topological polar surface area (TPSA) is 20.2 Å². The Kier molecular flexibility index (Phi) is 3.43. The fraction of sp³-hybridized carbons (Fsp3) is 0.111. The molecule has 0 radical (unpaired) electrons. The lowest BCUT2D eigenvalue weighted by Gasteiger charge is -2.17. The van der Waals surface area contributed by atoms with Crippen molar-refractivity contribution in [3.8, 4) is 0 Å². The van der Waals surface area contributed by atoms with Gasteiger partial charge in [-0.2, -0.15) is 0 Å². The molecule has 3 heteroatoms. The van der Waals surface area contributed by atoms with Gasteiger partial charge in [0, 0.05) is 0 Å². The summed E-state index contributed by atoms with van der Waals surface area (Å²) in [5.74, 6) is -1.87. The van der Waals surface area contributed by atoms with Crippen LogP contribution in [0.25, 0.3) is 10.8 Å². The summed E-state index contributed by atoms with van der Waals surface area (Å²) in [6.45, 7) is 1.89. The van der Waals surface area contributed by atoms with E-state index in [2.05, 4.69) is 0 Å². The highest BCUT2D eigenvalue weighted by Gasteiger charge is 2.17. The molecular weight excluding hydrogens is 270 g/mol. The molecule has 1 atom stereocenters. The number of aliphatic hydroxyl groups excluding tert-OH is 1. The summed E-state index contributed by atoms with van der Waals surface area (Å²) in [7, 11) is 0. The van der Waals surface area contributed by atoms with Crippen LogP contribution in [0.15, 0.2) is 54.6 Å². The second-order valence-corrected chi connectivity index (χ2v) is 5.09. The summed E-state index contributed by atoms with van der Waals surface area (Å²) in [6, 6.07) is 15.1. The maximum atomic E-state index is 13.4. The van der Waals surface area contributed by atoms with E-state index in [0.29, 0.717) is 5.56 Å². The van der Waals surface area contributed by atoms with Crippen molar-refractivity contribution in [2.75, 3.05) is 0 Å². The van der Waals surface area contributed by atoms with Gasteiger partial charge >= 0.3 is 0 Å². The number of hydrogen-bond donors (Lipinski definition) is 1. The van der Waals surface area contributed by atoms with Crippen LogP contribution in [-0.2, 0) is 0 Å². The maximum absolute atomic E-state index is 13.4. The lowest BCUT2D eigenvalue weighted by molar-refractivity contribution is 0.220. The summed E-state index contributed by atoms with van der Waals surface area (Å²) < 4.78 is 26.4. The van der Waals surface area contributed by atoms with Crippen LogP contribution in [0.1, 0.15) is 22.8 Å². The monoisotopic (exact) mass is 284 g/mol. The fourth-order valence-electron chi connectivity index (χ4n) is 2.62. The van der Waals surface area contributed by atoms with E-state index in [0.717, 1.165) is 34.0 Å². The van der Waals surface area contributed by atoms with E-state index >= 15 is 0 Å². The Balaban J connectivity index is 2.19. The first-order valence-corrected chi connectivity index (χ1v) is 6.69. The minimum atomic E-state index is -0.994. The van der Waals surface area contributed by atoms with Crippen molar-refractivity contribution in [3.05, 3.63) is 82.9 Å². The molecule has 0 aliphatic rings. The Labute approximate surface area is 121 Å². The second kappa shape index (κ2) is 5.26. The highest BCUT2D eigenvalue weighted by molar-refractivity contribution is 5.87. The molecule has 0 amide bonds. The Hall–Kier alpha value is -2.26. The van der Waals surface area contributed by atoms with Gasteiger partial charge in [0.15, 0.2) is 11.6 Å². The van der Waals surface area contributed by atoms with Crippen molar-refractivity contribution >= 4 is 10.8 Å². The van der Waals surface area contributed by atoms with Crippen molar-refractivity contribution in [3.63, 3.8) is 0 Å². The third kappa shape index (κ3) is 2.41. The SMILES string of the molecule is Cc1ccc2ccccc2c1C(O)c1ccc(F)c(F)c1. The predicted molar refractivity (Wildman–Crippen MR) is 79.1 cm³/mol. The van der Waals surface area contributed by atoms with Gasteiger partial charge in [-0.05, 0) is 46.5 Å². The van der Waals surface area contributed by atoms with Crippen LogP contribution in [0.3, 0.4) is 0 Å². The number of benzene rings is 3. The highest BCUT2D eigenvalue weighted by atomic mass is 19.2. The van der Waals surface area contributed by atoms with Gasteiger partial charge in [-0.25, -0.2) is 8.78 Å². The molecule has 0 bridgehead atoms. The fourth-order valence-corrected chi connectivity index (χ4v) is 2.62. The molecule has 0 fully saturated rings. The van der Waals surface area contributed by atoms with Gasteiger partial charge in [0.25, 0.3) is 0 Å². The average Bonchev–Trinajstić information content (AvgIpc) is 2.49. The number of rotatable bonds is 2. The standard InChI is InChI=1S/C18H14F2O/c1-11-6-7-12-4-2-3-5-14(12)17(11)18(21)13-8-9-15(19)16(20)10-13/h2-10,18,21H,1H3. The molecular formula is C18H14F2O. The van der Waals surface area contributed by atoms with E-state index in [-0.39, 0.29) is 0 Å². The first kappa shape index (κ1) is 13.7. The minimum absolute atomic E-state index is 0.341. The zero-order chi connectivity index (χ0) is 15.0. The molecule has 0 saturated heterocycles. The number of hydrogen-bond acceptors (Lipinski definition) is 1. The Morgan fingerprint density at radius 2 is 1.67 bits per heavy atom. The first-order chi connectivity index (χ1) is 10.1. The van der Waals surface area contributed by atoms with E-state index in [1.165, 1.54) is 6.07 Å². The smallest absolute Gasteiger partial charge is 0.159 e. The Morgan fingerprint density at radius 1 is 0.905 bits per heavy atom. The molecule has 1 N–H and O–H groups in total. The van der Waals surface area contributed by atoms with Crippen LogP contribution in [0.2, 0.25) is 0 Å². The molecule has 0 aromatic heterocycles. The van der Waals surface area contributed by atoms with Crippen molar-refractivity contribution in [1.82, 2.24) is 0 Å². The van der Waals surface area contributed by atoms with Crippen LogP contribution in [0.4, 0.5) is 8.78 Å². The summed E-state index contributed by atoms with van der Waals surface area (Å²) in [4.78, 5) is 0. The van der Waals surface area contributed by atoms with Crippen LogP contribution in [0, 0.1) is 18.6 Å². The largest absolute Gasteiger partial charge is 0.384 e. The van der Waals surface area contributed by atoms with Gasteiger partial charge in [-0.1, -0.05) is 42.5 Å². The van der Waals surface area contributed by atoms with Gasteiger partial charge in [0.1, 0.15) is 6.10 Å². The molecule has 3 aromatic carbocycles. The third-order valence-corrected chi connectivity index (χ3v) is 3.72. The molecule has 1 unspecified atom stereocenters. The normalized spacial score (nSPS) is 12.6. The van der Waals surface area contributed by atoms with Crippen LogP contribution >= 0.6 is 0 Å². The maximum Gasteiger partial charge on any atom is 0.159 e. The molecule has 0 spiro atoms. The molecule has 0 heterocycles. The van der Waals surface area contributed by atoms with E-state index in [4.69, 9.17) is 0 Å². The number of halogens is 2. The molecule has 0 saturated carbocycles. The lowest BCUT2D eigenvalue weighted by atomic mass is 9.92. The molecule has 0 aliphatic carbocycles. The highest BCUT2D eigenvalue weighted by Crippen LogP contribution is 2.32. The van der Waals surface area contributed by atoms with E-state index in [9.17, 15) is 13.9 Å². The number of aliphatic hydroxyl groups is 1. The zero-order valence-corrected chi connectivity index (χ0v) is 11.5. The number of aryl methyl sites for hydroxylation is 1. The van der Waals surface area contributed by atoms with Gasteiger partial charge in [0.05, 0.1) is 0 Å². The van der Waals surface area contributed by atoms with Gasteiger partial charge in [-0.3, -0.25) is 0 Å². The summed E-state index contributed by atoms with van der Waals surface area (Å²) in [5, 5.41) is 12.5. The van der Waals surface area contributed by atoms with Gasteiger partial charge < -0.3 is 5.11 Å². The molecule has 3 aromatic rings. The third-order valence-electron chi connectivity index (χ3n) is 3.72. The molecule has 106 valence electrons. The quantitative estimate of drug-likeness (QED) is 0.734. The van der Waals surface area contributed by atoms with Gasteiger partial charge in [0.2, 0.25) is 0 Å². The number of fused-ring (bicyclic) bond motifs is 1. The van der Waals surface area contributed by atoms with Crippen LogP contribution < -0.4 is 0 Å². The Morgan fingerprint density at radius 3 is 2.43 bits per heavy atom. The zero-order valence-electron chi connectivity index (χ0n) is 11.5. The van der Waals surface area contributed by atoms with E-state index in [1.54, 1.807) is 0 Å². The predicted octanol–water partition coefficient (Wildman–Crippen LogP) is 4.51. The van der Waals surface area contributed by atoms with Crippen molar-refractivity contribution in [1.29, 1.82) is 0 Å². The lowest BCUT2D eigenvalue weighted by Crippen LogP contribution is -2.04. The molecule has 1 nitrogen and oxygen atoms in total. The molecule has 0 aliphatic heterocycles. The summed E-state index contributed by atoms with van der Waals surface area (Å²) in [6.07, 6.45) is -0.994. The second-order valence-electron chi connectivity index (χ2n) is 5.09. The van der Waals surface area contributed by atoms with Crippen LogP contribution in [-0.4, -0.2) is 5.11 Å². The summed E-state index contributed by atoms with van der Waals surface area (Å²) in [5.41, 5.74) is 1.97. The van der Waals surface area contributed by atoms with E-state index in [1.807, 2.05) is 43.3 Å². The van der Waals surface area contributed by atoms with Crippen LogP contribution in [0.5, 0.6) is 0 Å². The van der Waals surface area contributed by atoms with Gasteiger partial charge in [-0.15, -0.1) is 0 Å². The first-order valence-electron chi connectivity index (χ1n) is 6.69. The van der Waals surface area contributed by atoms with E-state index < -0.39 is 17.7 Å². The van der Waals surface area contributed by atoms with Crippen molar-refractivity contribution < 1.29 is 13.9 Å². The minimum Gasteiger partial charge on any atom is -0.384 e. The Bertz CT molecular complexity index is 811. The molecule has 3 rings (SSSR count). The van der Waals surface area contributed by atoms with Crippen molar-refractivity contribution in [2.24, 2.45) is 0 Å². The average molecular weight is 284 g/mol.